The summed E-state index contributed by atoms with van der Waals surface area (Å²) in [6.07, 6.45) is 1.53. The van der Waals surface area contributed by atoms with Gasteiger partial charge in [0.05, 0.1) is 18.1 Å². The van der Waals surface area contributed by atoms with Gasteiger partial charge >= 0.3 is 0 Å². The number of benzene rings is 2. The van der Waals surface area contributed by atoms with Crippen molar-refractivity contribution in [1.29, 1.82) is 0 Å². The summed E-state index contributed by atoms with van der Waals surface area (Å²) in [7, 11) is -4.28. The lowest BCUT2D eigenvalue weighted by molar-refractivity contribution is -0.0477. The Labute approximate surface area is 189 Å². The first-order valence-corrected chi connectivity index (χ1v) is 11.8. The summed E-state index contributed by atoms with van der Waals surface area (Å²) in [6.45, 7) is -1.24. The number of amides is 1. The Kier molecular flexibility index (Phi) is 6.50. The van der Waals surface area contributed by atoms with Crippen LogP contribution in [0.25, 0.3) is 0 Å². The normalized spacial score (nSPS) is 22.1. The largest absolute Gasteiger partial charge is 0.386 e. The summed E-state index contributed by atoms with van der Waals surface area (Å²) in [5.41, 5.74) is -1.61. The molecule has 2 N–H and O–H groups in total. The van der Waals surface area contributed by atoms with Crippen molar-refractivity contribution < 1.29 is 36.2 Å². The van der Waals surface area contributed by atoms with Crippen LogP contribution in [0.15, 0.2) is 41.3 Å². The molecule has 11 heteroatoms. The summed E-state index contributed by atoms with van der Waals surface area (Å²) in [5, 5.41) is 13.3. The number of alkyl halides is 1. The van der Waals surface area contributed by atoms with Crippen LogP contribution in [-0.2, 0) is 21.4 Å². The maximum Gasteiger partial charge on any atom is 0.255 e. The average Bonchev–Trinajstić information content (AvgIpc) is 3.64. The number of nitrogens with one attached hydrogen (secondary N) is 1. The van der Waals surface area contributed by atoms with E-state index in [2.05, 4.69) is 5.32 Å². The molecule has 1 aliphatic carbocycles. The SMILES string of the molecule is O=C(Nc1ccc(F)c(F)c1)c1ccc(CF)c(S(=O)(=O)N2CCOCC(O)(C3CC3)C2)c1. The van der Waals surface area contributed by atoms with Gasteiger partial charge < -0.3 is 15.2 Å². The lowest BCUT2D eigenvalue weighted by atomic mass is 9.99. The Balaban J connectivity index is 1.64. The second-order valence-corrected chi connectivity index (χ2v) is 10.2. The Morgan fingerprint density at radius 1 is 1.18 bits per heavy atom. The monoisotopic (exact) mass is 484 g/mol. The predicted octanol–water partition coefficient (Wildman–Crippen LogP) is 2.85. The van der Waals surface area contributed by atoms with Crippen molar-refractivity contribution in [3.8, 4) is 0 Å². The van der Waals surface area contributed by atoms with E-state index in [1.807, 2.05) is 0 Å². The molecule has 0 spiro atoms. The molecule has 1 unspecified atom stereocenters. The highest BCUT2D eigenvalue weighted by molar-refractivity contribution is 7.89. The highest BCUT2D eigenvalue weighted by Gasteiger charge is 2.48. The Morgan fingerprint density at radius 3 is 2.61 bits per heavy atom. The summed E-state index contributed by atoms with van der Waals surface area (Å²) in [5.74, 6) is -3.09. The first-order chi connectivity index (χ1) is 15.6. The number of β-amino-alcohol motifs (C(OH)–C–C–N with tert-alkyl or cyclic N) is 1. The Bertz CT molecular complexity index is 1170. The van der Waals surface area contributed by atoms with E-state index in [0.29, 0.717) is 0 Å². The van der Waals surface area contributed by atoms with Crippen molar-refractivity contribution in [2.45, 2.75) is 30.0 Å². The molecule has 4 rings (SSSR count). The fourth-order valence-corrected chi connectivity index (χ4v) is 5.60. The van der Waals surface area contributed by atoms with Gasteiger partial charge in [0.15, 0.2) is 11.6 Å². The van der Waals surface area contributed by atoms with Crippen LogP contribution in [0.5, 0.6) is 0 Å². The van der Waals surface area contributed by atoms with Gasteiger partial charge in [0.2, 0.25) is 10.0 Å². The molecule has 1 aliphatic heterocycles. The lowest BCUT2D eigenvalue weighted by Crippen LogP contribution is -2.48. The molecular formula is C22H23F3N2O5S. The number of nitrogens with zero attached hydrogens (tertiary/aromatic N) is 1. The highest BCUT2D eigenvalue weighted by Crippen LogP contribution is 2.41. The molecule has 2 aromatic carbocycles. The predicted molar refractivity (Wildman–Crippen MR) is 113 cm³/mol. The molecule has 1 amide bonds. The third-order valence-electron chi connectivity index (χ3n) is 5.89. The molecule has 1 heterocycles. The molecule has 178 valence electrons. The standard InChI is InChI=1S/C22H23F3N2O5S/c23-11-15-2-1-14(21(28)26-17-5-6-18(24)19(25)10-17)9-20(15)33(30,31)27-7-8-32-13-22(29,12-27)16-3-4-16/h1-2,5-6,9-10,16,29H,3-4,7-8,11-13H2,(H,26,28). The molecule has 7 nitrogen and oxygen atoms in total. The van der Waals surface area contributed by atoms with Crippen molar-refractivity contribution in [2.24, 2.45) is 5.92 Å². The van der Waals surface area contributed by atoms with Gasteiger partial charge in [-0.3, -0.25) is 4.79 Å². The van der Waals surface area contributed by atoms with E-state index in [1.54, 1.807) is 0 Å². The van der Waals surface area contributed by atoms with E-state index in [1.165, 1.54) is 12.1 Å². The van der Waals surface area contributed by atoms with Crippen molar-refractivity contribution in [1.82, 2.24) is 4.31 Å². The zero-order chi connectivity index (χ0) is 23.8. The summed E-state index contributed by atoms with van der Waals surface area (Å²) in [4.78, 5) is 12.2. The third kappa shape index (κ3) is 4.91. The maximum absolute atomic E-state index is 13.7. The van der Waals surface area contributed by atoms with Crippen molar-refractivity contribution in [2.75, 3.05) is 31.6 Å². The number of sulfonamides is 1. The van der Waals surface area contributed by atoms with Crippen LogP contribution < -0.4 is 5.32 Å². The lowest BCUT2D eigenvalue weighted by Gasteiger charge is -2.30. The van der Waals surface area contributed by atoms with E-state index < -0.39 is 44.7 Å². The number of carbonyl (C=O) groups is 1. The van der Waals surface area contributed by atoms with E-state index in [4.69, 9.17) is 4.74 Å². The number of halogens is 3. The Hall–Kier alpha value is -2.47. The second-order valence-electron chi connectivity index (χ2n) is 8.31. The number of aliphatic hydroxyl groups is 1. The minimum absolute atomic E-state index is 0.0102. The maximum atomic E-state index is 13.7. The molecule has 0 bridgehead atoms. The zero-order valence-electron chi connectivity index (χ0n) is 17.6. The van der Waals surface area contributed by atoms with Gasteiger partial charge in [0.25, 0.3) is 5.91 Å². The van der Waals surface area contributed by atoms with Crippen LogP contribution in [-0.4, -0.2) is 55.6 Å². The summed E-state index contributed by atoms with van der Waals surface area (Å²) in [6, 6.07) is 6.26. The van der Waals surface area contributed by atoms with E-state index in [9.17, 15) is 31.5 Å². The molecule has 1 atom stereocenters. The molecule has 1 saturated heterocycles. The van der Waals surface area contributed by atoms with Gasteiger partial charge in [0.1, 0.15) is 12.3 Å². The third-order valence-corrected chi connectivity index (χ3v) is 7.82. The van der Waals surface area contributed by atoms with Gasteiger partial charge in [-0.25, -0.2) is 21.6 Å². The number of hydrogen-bond donors (Lipinski definition) is 2. The minimum atomic E-state index is -4.28. The van der Waals surface area contributed by atoms with Crippen molar-refractivity contribution in [3.63, 3.8) is 0 Å². The summed E-state index contributed by atoms with van der Waals surface area (Å²) >= 11 is 0. The van der Waals surface area contributed by atoms with Gasteiger partial charge in [0, 0.05) is 36.0 Å². The molecule has 1 saturated carbocycles. The number of hydrogen-bond acceptors (Lipinski definition) is 5. The highest BCUT2D eigenvalue weighted by atomic mass is 32.2. The minimum Gasteiger partial charge on any atom is -0.386 e. The smallest absolute Gasteiger partial charge is 0.255 e. The van der Waals surface area contributed by atoms with Gasteiger partial charge in [-0.1, -0.05) is 6.07 Å². The van der Waals surface area contributed by atoms with Gasteiger partial charge in [-0.05, 0) is 43.0 Å². The second kappa shape index (κ2) is 9.05. The van der Waals surface area contributed by atoms with Gasteiger partial charge in [-0.15, -0.1) is 0 Å². The summed E-state index contributed by atoms with van der Waals surface area (Å²) < 4.78 is 73.6. The van der Waals surface area contributed by atoms with Crippen LogP contribution in [0, 0.1) is 17.6 Å². The average molecular weight is 484 g/mol. The van der Waals surface area contributed by atoms with Crippen LogP contribution in [0.1, 0.15) is 28.8 Å². The van der Waals surface area contributed by atoms with Gasteiger partial charge in [-0.2, -0.15) is 4.31 Å². The molecule has 33 heavy (non-hydrogen) atoms. The number of carbonyl (C=O) groups excluding carboxylic acids is 1. The van der Waals surface area contributed by atoms with E-state index in [-0.39, 0.29) is 49.0 Å². The molecular weight excluding hydrogens is 461 g/mol. The molecule has 0 aromatic heterocycles. The number of anilines is 1. The van der Waals surface area contributed by atoms with Crippen LogP contribution >= 0.6 is 0 Å². The fraction of sp³-hybridized carbons (Fsp3) is 0.409. The first kappa shape index (κ1) is 23.7. The van der Waals surface area contributed by atoms with Crippen LogP contribution in [0.4, 0.5) is 18.9 Å². The quantitative estimate of drug-likeness (QED) is 0.658. The Morgan fingerprint density at radius 2 is 1.94 bits per heavy atom. The van der Waals surface area contributed by atoms with Crippen molar-refractivity contribution >= 4 is 21.6 Å². The topological polar surface area (TPSA) is 95.9 Å². The molecule has 0 radical (unpaired) electrons. The molecule has 2 fully saturated rings. The van der Waals surface area contributed by atoms with Crippen LogP contribution in [0.2, 0.25) is 0 Å². The molecule has 2 aliphatic rings. The fourth-order valence-electron chi connectivity index (χ4n) is 3.88. The first-order valence-electron chi connectivity index (χ1n) is 10.4. The van der Waals surface area contributed by atoms with E-state index >= 15 is 0 Å². The number of ether oxygens (including phenoxy) is 1. The van der Waals surface area contributed by atoms with E-state index in [0.717, 1.165) is 41.4 Å². The van der Waals surface area contributed by atoms with Crippen molar-refractivity contribution in [3.05, 3.63) is 59.2 Å². The zero-order valence-corrected chi connectivity index (χ0v) is 18.4. The van der Waals surface area contributed by atoms with Crippen LogP contribution in [0.3, 0.4) is 0 Å². The molecule has 2 aromatic rings. The number of rotatable bonds is 6.